The lowest BCUT2D eigenvalue weighted by molar-refractivity contribution is 0.0967. The summed E-state index contributed by atoms with van der Waals surface area (Å²) in [6.45, 7) is 2.03. The zero-order chi connectivity index (χ0) is 13.5. The van der Waals surface area contributed by atoms with Gasteiger partial charge in [-0.15, -0.1) is 0 Å². The van der Waals surface area contributed by atoms with E-state index < -0.39 is 0 Å². The highest BCUT2D eigenvalue weighted by Crippen LogP contribution is 2.37. The fourth-order valence-corrected chi connectivity index (χ4v) is 3.99. The molecule has 4 rings (SSSR count). The quantitative estimate of drug-likeness (QED) is 0.852. The Morgan fingerprint density at radius 3 is 3.10 bits per heavy atom. The molecule has 0 radical (unpaired) electrons. The number of aromatic nitrogens is 1. The van der Waals surface area contributed by atoms with E-state index in [4.69, 9.17) is 10.2 Å². The van der Waals surface area contributed by atoms with Gasteiger partial charge in [0.2, 0.25) is 5.89 Å². The summed E-state index contributed by atoms with van der Waals surface area (Å²) in [6, 6.07) is 6.42. The third-order valence-electron chi connectivity index (χ3n) is 4.90. The second kappa shape index (κ2) is 4.77. The third-order valence-corrected chi connectivity index (χ3v) is 4.90. The van der Waals surface area contributed by atoms with Crippen molar-refractivity contribution in [1.82, 2.24) is 9.88 Å². The predicted molar refractivity (Wildman–Crippen MR) is 79.2 cm³/mol. The number of fused-ring (bicyclic) bond motifs is 2. The minimum Gasteiger partial charge on any atom is -0.439 e. The van der Waals surface area contributed by atoms with Crippen LogP contribution in [0.15, 0.2) is 22.6 Å². The Bertz CT molecular complexity index is 621. The minimum atomic E-state index is 0.742. The predicted octanol–water partition coefficient (Wildman–Crippen LogP) is 3.17. The number of rotatable bonds is 2. The van der Waals surface area contributed by atoms with Crippen molar-refractivity contribution in [1.29, 1.82) is 0 Å². The van der Waals surface area contributed by atoms with E-state index in [0.29, 0.717) is 0 Å². The van der Waals surface area contributed by atoms with Crippen molar-refractivity contribution in [3.63, 3.8) is 0 Å². The summed E-state index contributed by atoms with van der Waals surface area (Å²) in [5.41, 5.74) is 8.25. The number of nitrogen functional groups attached to an aromatic ring is 1. The van der Waals surface area contributed by atoms with Crippen molar-refractivity contribution in [3.8, 4) is 0 Å². The van der Waals surface area contributed by atoms with E-state index in [1.54, 1.807) is 0 Å². The summed E-state index contributed by atoms with van der Waals surface area (Å²) in [5, 5.41) is 0. The van der Waals surface area contributed by atoms with Gasteiger partial charge in [-0.25, -0.2) is 4.98 Å². The lowest BCUT2D eigenvalue weighted by Crippen LogP contribution is -2.41. The Balaban J connectivity index is 1.57. The van der Waals surface area contributed by atoms with Crippen molar-refractivity contribution >= 4 is 16.8 Å². The van der Waals surface area contributed by atoms with E-state index in [9.17, 15) is 0 Å². The first kappa shape index (κ1) is 12.2. The van der Waals surface area contributed by atoms with Crippen LogP contribution in [0.5, 0.6) is 0 Å². The molecule has 20 heavy (non-hydrogen) atoms. The number of likely N-dealkylation sites (tertiary alicyclic amines) is 1. The van der Waals surface area contributed by atoms with Gasteiger partial charge in [0, 0.05) is 11.7 Å². The van der Waals surface area contributed by atoms with Gasteiger partial charge in [0.1, 0.15) is 5.52 Å². The first-order valence-electron chi connectivity index (χ1n) is 7.68. The lowest BCUT2D eigenvalue weighted by atomic mass is 9.92. The molecule has 0 bridgehead atoms. The van der Waals surface area contributed by atoms with Crippen LogP contribution < -0.4 is 5.73 Å². The molecule has 2 aromatic rings. The van der Waals surface area contributed by atoms with Gasteiger partial charge in [0.05, 0.1) is 6.54 Å². The molecule has 106 valence electrons. The number of benzene rings is 1. The molecule has 2 fully saturated rings. The highest BCUT2D eigenvalue weighted by molar-refractivity contribution is 5.76. The Labute approximate surface area is 118 Å². The van der Waals surface area contributed by atoms with Crippen molar-refractivity contribution < 1.29 is 4.42 Å². The number of nitrogens with two attached hydrogens (primary N) is 1. The first-order chi connectivity index (χ1) is 9.79. The van der Waals surface area contributed by atoms with Crippen LogP contribution in [-0.2, 0) is 6.54 Å². The molecule has 2 atom stereocenters. The number of piperidine rings is 1. The second-order valence-electron chi connectivity index (χ2n) is 6.21. The Hall–Kier alpha value is -1.55. The number of hydrogen-bond donors (Lipinski definition) is 1. The maximum Gasteiger partial charge on any atom is 0.209 e. The standard InChI is InChI=1S/C16H21N3O/c17-12-6-7-15-13(9-12)18-16(20-15)10-19-8-2-4-11-3-1-5-14(11)19/h6-7,9,11,14H,1-5,8,10,17H2. The van der Waals surface area contributed by atoms with Gasteiger partial charge in [0.15, 0.2) is 5.58 Å². The molecule has 2 unspecified atom stereocenters. The molecule has 0 spiro atoms. The molecule has 1 saturated heterocycles. The van der Waals surface area contributed by atoms with Crippen LogP contribution in [0.2, 0.25) is 0 Å². The summed E-state index contributed by atoms with van der Waals surface area (Å²) in [5.74, 6) is 1.74. The SMILES string of the molecule is Nc1ccc2oc(CN3CCCC4CCCC43)nc2c1. The van der Waals surface area contributed by atoms with Crippen LogP contribution in [-0.4, -0.2) is 22.5 Å². The molecule has 4 nitrogen and oxygen atoms in total. The monoisotopic (exact) mass is 271 g/mol. The highest BCUT2D eigenvalue weighted by atomic mass is 16.3. The fraction of sp³-hybridized carbons (Fsp3) is 0.562. The van der Waals surface area contributed by atoms with Crippen LogP contribution in [0.1, 0.15) is 38.0 Å². The summed E-state index contributed by atoms with van der Waals surface area (Å²) in [7, 11) is 0. The van der Waals surface area contributed by atoms with Crippen molar-refractivity contribution in [2.75, 3.05) is 12.3 Å². The molecule has 1 saturated carbocycles. The van der Waals surface area contributed by atoms with E-state index in [2.05, 4.69) is 9.88 Å². The molecule has 1 aromatic carbocycles. The Morgan fingerprint density at radius 1 is 1.25 bits per heavy atom. The van der Waals surface area contributed by atoms with Gasteiger partial charge in [-0.3, -0.25) is 4.90 Å². The fourth-order valence-electron chi connectivity index (χ4n) is 3.99. The second-order valence-corrected chi connectivity index (χ2v) is 6.21. The molecular weight excluding hydrogens is 250 g/mol. The topological polar surface area (TPSA) is 55.3 Å². The smallest absolute Gasteiger partial charge is 0.209 e. The molecule has 1 aromatic heterocycles. The maximum absolute atomic E-state index is 5.87. The van der Waals surface area contributed by atoms with Crippen LogP contribution in [0.4, 0.5) is 5.69 Å². The normalized spacial score (nSPS) is 27.0. The van der Waals surface area contributed by atoms with Gasteiger partial charge in [0.25, 0.3) is 0 Å². The molecule has 4 heteroatoms. The van der Waals surface area contributed by atoms with Gasteiger partial charge in [-0.05, 0) is 56.3 Å². The summed E-state index contributed by atoms with van der Waals surface area (Å²) in [6.07, 6.45) is 6.86. The van der Waals surface area contributed by atoms with E-state index >= 15 is 0 Å². The summed E-state index contributed by atoms with van der Waals surface area (Å²) < 4.78 is 5.87. The molecular formula is C16H21N3O. The largest absolute Gasteiger partial charge is 0.439 e. The molecule has 0 amide bonds. The van der Waals surface area contributed by atoms with Crippen LogP contribution in [0, 0.1) is 5.92 Å². The number of hydrogen-bond acceptors (Lipinski definition) is 4. The van der Waals surface area contributed by atoms with Gasteiger partial charge < -0.3 is 10.2 Å². The zero-order valence-electron chi connectivity index (χ0n) is 11.7. The van der Waals surface area contributed by atoms with Crippen LogP contribution in [0.3, 0.4) is 0 Å². The van der Waals surface area contributed by atoms with Gasteiger partial charge >= 0.3 is 0 Å². The lowest BCUT2D eigenvalue weighted by Gasteiger charge is -2.36. The number of anilines is 1. The number of oxazole rings is 1. The Kier molecular flexibility index (Phi) is 2.91. The molecule has 1 aliphatic carbocycles. The van der Waals surface area contributed by atoms with Crippen molar-refractivity contribution in [2.45, 2.75) is 44.7 Å². The van der Waals surface area contributed by atoms with E-state index in [-0.39, 0.29) is 0 Å². The highest BCUT2D eigenvalue weighted by Gasteiger charge is 2.35. The van der Waals surface area contributed by atoms with E-state index in [1.165, 1.54) is 38.6 Å². The molecule has 2 heterocycles. The zero-order valence-corrected chi connectivity index (χ0v) is 11.7. The first-order valence-corrected chi connectivity index (χ1v) is 7.68. The number of nitrogens with zero attached hydrogens (tertiary/aromatic N) is 2. The van der Waals surface area contributed by atoms with Crippen molar-refractivity contribution in [3.05, 3.63) is 24.1 Å². The van der Waals surface area contributed by atoms with Gasteiger partial charge in [-0.2, -0.15) is 0 Å². The van der Waals surface area contributed by atoms with Crippen LogP contribution in [0.25, 0.3) is 11.1 Å². The summed E-state index contributed by atoms with van der Waals surface area (Å²) in [4.78, 5) is 7.17. The average Bonchev–Trinajstić information content (AvgIpc) is 3.04. The minimum absolute atomic E-state index is 0.742. The maximum atomic E-state index is 5.87. The Morgan fingerprint density at radius 2 is 2.15 bits per heavy atom. The van der Waals surface area contributed by atoms with Gasteiger partial charge in [-0.1, -0.05) is 6.42 Å². The molecule has 2 aliphatic rings. The summed E-state index contributed by atoms with van der Waals surface area (Å²) >= 11 is 0. The van der Waals surface area contributed by atoms with E-state index in [1.807, 2.05) is 18.2 Å². The molecule has 1 aliphatic heterocycles. The average molecular weight is 271 g/mol. The molecule has 2 N–H and O–H groups in total. The van der Waals surface area contributed by atoms with Crippen LogP contribution >= 0.6 is 0 Å². The third kappa shape index (κ3) is 2.08. The van der Waals surface area contributed by atoms with Crippen molar-refractivity contribution in [2.24, 2.45) is 5.92 Å². The van der Waals surface area contributed by atoms with E-state index in [0.717, 1.165) is 41.2 Å².